The van der Waals surface area contributed by atoms with Crippen molar-refractivity contribution in [1.82, 2.24) is 29.9 Å². The van der Waals surface area contributed by atoms with Crippen LogP contribution in [0.5, 0.6) is 5.75 Å². The van der Waals surface area contributed by atoms with Crippen molar-refractivity contribution in [3.05, 3.63) is 66.3 Å². The van der Waals surface area contributed by atoms with Crippen LogP contribution in [0.3, 0.4) is 0 Å². The monoisotopic (exact) mass is 582 g/mol. The summed E-state index contributed by atoms with van der Waals surface area (Å²) in [7, 11) is 0. The van der Waals surface area contributed by atoms with Crippen LogP contribution in [-0.2, 0) is 0 Å². The highest BCUT2D eigenvalue weighted by atomic mass is 19.1. The molecule has 12 heteroatoms. The number of anilines is 1. The maximum absolute atomic E-state index is 14.3. The number of carbonyl (C=O) groups is 1. The molecule has 2 atom stereocenters. The number of fused-ring (bicyclic) bond motifs is 1. The predicted octanol–water partition coefficient (Wildman–Crippen LogP) is 3.67. The predicted molar refractivity (Wildman–Crippen MR) is 154 cm³/mol. The van der Waals surface area contributed by atoms with Gasteiger partial charge in [0.25, 0.3) is 5.91 Å². The minimum absolute atomic E-state index is 0.0758. The van der Waals surface area contributed by atoms with Crippen LogP contribution in [0.25, 0.3) is 16.8 Å². The summed E-state index contributed by atoms with van der Waals surface area (Å²) in [6.45, 7) is 3.40. The molecule has 2 aliphatic heterocycles. The summed E-state index contributed by atoms with van der Waals surface area (Å²) in [5, 5.41) is 27.3. The van der Waals surface area contributed by atoms with Gasteiger partial charge in [-0.1, -0.05) is 0 Å². The number of carbonyl (C=O) groups excluding carboxylic acids is 1. The van der Waals surface area contributed by atoms with Crippen LogP contribution in [0.4, 0.5) is 10.2 Å². The highest BCUT2D eigenvalue weighted by Crippen LogP contribution is 2.52. The first-order valence-corrected chi connectivity index (χ1v) is 14.4. The maximum Gasteiger partial charge on any atom is 0.273 e. The van der Waals surface area contributed by atoms with Crippen LogP contribution in [0.15, 0.2) is 49.2 Å². The number of aliphatic hydroxyl groups is 1. The zero-order valence-electron chi connectivity index (χ0n) is 23.9. The molecule has 4 aromatic rings. The molecule has 4 bridgehead atoms. The first kappa shape index (κ1) is 27.2. The second-order valence-electron chi connectivity index (χ2n) is 12.6. The van der Waals surface area contributed by atoms with Crippen molar-refractivity contribution in [3.63, 3.8) is 0 Å². The summed E-state index contributed by atoms with van der Waals surface area (Å²) >= 11 is 0. The highest BCUT2D eigenvalue weighted by molar-refractivity contribution is 5.93. The van der Waals surface area contributed by atoms with E-state index in [0.29, 0.717) is 34.0 Å². The van der Waals surface area contributed by atoms with Crippen molar-refractivity contribution in [2.45, 2.75) is 69.2 Å². The Labute approximate surface area is 247 Å². The Balaban J connectivity index is 1.15. The molecule has 2 saturated carbocycles. The van der Waals surface area contributed by atoms with E-state index in [-0.39, 0.29) is 24.4 Å². The number of hydrogen-bond acceptors (Lipinski definition) is 9. The summed E-state index contributed by atoms with van der Waals surface area (Å²) in [4.78, 5) is 28.9. The van der Waals surface area contributed by atoms with E-state index < -0.39 is 22.9 Å². The van der Waals surface area contributed by atoms with Crippen molar-refractivity contribution in [3.8, 4) is 23.1 Å². The molecule has 2 unspecified atom stereocenters. The summed E-state index contributed by atoms with van der Waals surface area (Å²) in [6.07, 6.45) is 12.4. The Morgan fingerprint density at radius 3 is 2.67 bits per heavy atom. The number of ether oxygens (including phenoxy) is 1. The van der Waals surface area contributed by atoms with Crippen molar-refractivity contribution >= 4 is 17.2 Å². The molecule has 11 nitrogen and oxygen atoms in total. The molecule has 4 aliphatic rings. The van der Waals surface area contributed by atoms with Crippen LogP contribution in [0.2, 0.25) is 0 Å². The van der Waals surface area contributed by atoms with Crippen LogP contribution >= 0.6 is 0 Å². The van der Waals surface area contributed by atoms with Gasteiger partial charge in [-0.25, -0.2) is 18.9 Å². The molecule has 2 saturated heterocycles. The largest absolute Gasteiger partial charge is 0.489 e. The average molecular weight is 583 g/mol. The topological polar surface area (TPSA) is 142 Å². The van der Waals surface area contributed by atoms with Crippen LogP contribution in [-0.4, -0.2) is 65.4 Å². The number of rotatable bonds is 7. The third kappa shape index (κ3) is 4.93. The van der Waals surface area contributed by atoms with E-state index in [1.54, 1.807) is 43.0 Å². The van der Waals surface area contributed by atoms with Gasteiger partial charge in [0.1, 0.15) is 24.2 Å². The molecule has 4 aromatic heterocycles. The molecule has 220 valence electrons. The molecule has 8 rings (SSSR count). The number of aromatic nitrogens is 5. The molecular formula is C31H31FN8O3. The Hall–Kier alpha value is -4.63. The molecule has 2 aliphatic carbocycles. The van der Waals surface area contributed by atoms with Crippen molar-refractivity contribution in [2.24, 2.45) is 5.92 Å². The molecule has 0 spiro atoms. The van der Waals surface area contributed by atoms with Gasteiger partial charge >= 0.3 is 0 Å². The van der Waals surface area contributed by atoms with Gasteiger partial charge in [-0.3, -0.25) is 9.78 Å². The molecule has 2 N–H and O–H groups in total. The summed E-state index contributed by atoms with van der Waals surface area (Å²) < 4.78 is 21.7. The molecule has 0 aromatic carbocycles. The van der Waals surface area contributed by atoms with Gasteiger partial charge in [0.2, 0.25) is 0 Å². The van der Waals surface area contributed by atoms with E-state index >= 15 is 0 Å². The zero-order chi connectivity index (χ0) is 29.9. The minimum Gasteiger partial charge on any atom is -0.489 e. The van der Waals surface area contributed by atoms with Gasteiger partial charge < -0.3 is 20.1 Å². The van der Waals surface area contributed by atoms with Gasteiger partial charge in [-0.2, -0.15) is 10.4 Å². The van der Waals surface area contributed by atoms with Crippen LogP contribution in [0, 0.1) is 23.1 Å². The smallest absolute Gasteiger partial charge is 0.273 e. The van der Waals surface area contributed by atoms with Gasteiger partial charge in [-0.05, 0) is 70.1 Å². The van der Waals surface area contributed by atoms with Gasteiger partial charge in [-0.15, -0.1) is 0 Å². The number of amides is 1. The van der Waals surface area contributed by atoms with Gasteiger partial charge in [0.15, 0.2) is 11.5 Å². The number of hydrogen-bond donors (Lipinski definition) is 2. The molecule has 0 radical (unpaired) electrons. The summed E-state index contributed by atoms with van der Waals surface area (Å²) in [6, 6.07) is 7.05. The lowest BCUT2D eigenvalue weighted by molar-refractivity contribution is 0.0283. The quantitative estimate of drug-likeness (QED) is 0.334. The van der Waals surface area contributed by atoms with Crippen LogP contribution < -0.4 is 15.0 Å². The second-order valence-corrected chi connectivity index (χ2v) is 12.6. The SMILES string of the molecule is CC(C)(O)COc1cc(-c2cnc(N3C4CC5CC3CC(NC(=O)c3ncccc3F)(C5)C4)cn2)c2c(C#N)cnn2c1. The standard InChI is InChI=1S/C31H31FN8O3/c1-30(2,42)17-43-22-8-23(28-19(12-33)13-37-39(28)16-22)25-14-36-26(15-35-25)40-20-6-18-7-21(40)11-31(9-18,10-20)38-29(41)27-24(32)4-3-5-34-27/h3-5,8,13-16,18,20-21,42H,6-7,9-11,17H2,1-2H3,(H,38,41). The minimum atomic E-state index is -1.03. The van der Waals surface area contributed by atoms with Crippen molar-refractivity contribution in [2.75, 3.05) is 11.5 Å². The Morgan fingerprint density at radius 2 is 2.00 bits per heavy atom. The molecule has 6 heterocycles. The number of nitriles is 1. The van der Waals surface area contributed by atoms with E-state index in [1.807, 2.05) is 0 Å². The highest BCUT2D eigenvalue weighted by Gasteiger charge is 2.55. The van der Waals surface area contributed by atoms with Gasteiger partial charge in [0.05, 0.1) is 47.2 Å². The Morgan fingerprint density at radius 1 is 1.21 bits per heavy atom. The fraction of sp³-hybridized carbons (Fsp3) is 0.419. The molecule has 43 heavy (non-hydrogen) atoms. The van der Waals surface area contributed by atoms with E-state index in [9.17, 15) is 19.6 Å². The maximum atomic E-state index is 14.3. The first-order valence-electron chi connectivity index (χ1n) is 14.4. The zero-order valence-corrected chi connectivity index (χ0v) is 23.9. The average Bonchev–Trinajstić information content (AvgIpc) is 3.38. The second kappa shape index (κ2) is 9.98. The number of piperidine rings is 2. The lowest BCUT2D eigenvalue weighted by Gasteiger charge is -2.61. The van der Waals surface area contributed by atoms with E-state index in [0.717, 1.165) is 37.9 Å². The Kier molecular flexibility index (Phi) is 6.32. The third-order valence-electron chi connectivity index (χ3n) is 8.76. The summed E-state index contributed by atoms with van der Waals surface area (Å²) in [5.41, 5.74) is 0.608. The van der Waals surface area contributed by atoms with E-state index in [4.69, 9.17) is 14.7 Å². The first-order chi connectivity index (χ1) is 20.6. The molecular weight excluding hydrogens is 551 g/mol. The van der Waals surface area contributed by atoms with Crippen molar-refractivity contribution in [1.29, 1.82) is 5.26 Å². The van der Waals surface area contributed by atoms with Crippen LogP contribution in [0.1, 0.15) is 62.0 Å². The number of nitrogens with zero attached hydrogens (tertiary/aromatic N) is 7. The van der Waals surface area contributed by atoms with E-state index in [1.165, 1.54) is 24.5 Å². The normalized spacial score (nSPS) is 24.3. The summed E-state index contributed by atoms with van der Waals surface area (Å²) in [5.74, 6) is 0.625. The lowest BCUT2D eigenvalue weighted by Crippen LogP contribution is -2.69. The lowest BCUT2D eigenvalue weighted by atomic mass is 9.59. The molecule has 4 fully saturated rings. The van der Waals surface area contributed by atoms with E-state index in [2.05, 4.69) is 26.4 Å². The number of pyridine rings is 2. The van der Waals surface area contributed by atoms with Crippen molar-refractivity contribution < 1.29 is 19.0 Å². The fourth-order valence-electron chi connectivity index (χ4n) is 7.31. The molecule has 1 amide bonds. The fourth-order valence-corrected chi connectivity index (χ4v) is 7.31. The van der Waals surface area contributed by atoms with Gasteiger partial charge in [0, 0.05) is 29.4 Å². The number of nitrogens with one attached hydrogen (secondary N) is 1. The third-order valence-corrected chi connectivity index (χ3v) is 8.76. The Bertz CT molecular complexity index is 1740. The number of halogens is 1.